The average Bonchev–Trinajstić information content (AvgIpc) is 2.71. The summed E-state index contributed by atoms with van der Waals surface area (Å²) < 4.78 is 3.10. The molecule has 0 radical (unpaired) electrons. The normalized spacial score (nSPS) is 12.8. The van der Waals surface area contributed by atoms with Gasteiger partial charge in [-0.25, -0.2) is 4.98 Å². The maximum absolute atomic E-state index is 5.89. The summed E-state index contributed by atoms with van der Waals surface area (Å²) in [5, 5.41) is 0. The van der Waals surface area contributed by atoms with Gasteiger partial charge in [0.2, 0.25) is 0 Å². The predicted molar refractivity (Wildman–Crippen MR) is 68.6 cm³/mol. The third-order valence-corrected chi connectivity index (χ3v) is 3.42. The Morgan fingerprint density at radius 3 is 2.81 bits per heavy atom. The van der Waals surface area contributed by atoms with Gasteiger partial charge < -0.3 is 10.3 Å². The molecule has 0 fully saturated rings. The molecule has 0 saturated heterocycles. The number of benzene rings is 1. The van der Waals surface area contributed by atoms with Crippen LogP contribution in [-0.2, 0) is 0 Å². The number of aryl methyl sites for hydroxylation is 1. The van der Waals surface area contributed by atoms with Crippen LogP contribution in [-0.4, -0.2) is 9.55 Å². The fourth-order valence-corrected chi connectivity index (χ4v) is 1.96. The number of aromatic nitrogens is 2. The average molecular weight is 280 g/mol. The standard InChI is InChI=1S/C12H14BrN3/c1-8-3-4-10(5-11(8)13)16-7-15-6-12(16)9(2)14/h3-7,9H,14H2,1-2H3/t9-/m0/s1. The van der Waals surface area contributed by atoms with Gasteiger partial charge in [-0.1, -0.05) is 22.0 Å². The second-order valence-electron chi connectivity index (χ2n) is 3.91. The summed E-state index contributed by atoms with van der Waals surface area (Å²) in [5.41, 5.74) is 9.19. The molecule has 16 heavy (non-hydrogen) atoms. The molecule has 0 bridgehead atoms. The Balaban J connectivity index is 2.50. The Morgan fingerprint density at radius 1 is 1.44 bits per heavy atom. The van der Waals surface area contributed by atoms with Gasteiger partial charge in [0.15, 0.2) is 0 Å². The molecular weight excluding hydrogens is 266 g/mol. The van der Waals surface area contributed by atoms with Crippen LogP contribution in [0.3, 0.4) is 0 Å². The zero-order valence-corrected chi connectivity index (χ0v) is 10.9. The second kappa shape index (κ2) is 4.39. The zero-order chi connectivity index (χ0) is 11.7. The summed E-state index contributed by atoms with van der Waals surface area (Å²) in [7, 11) is 0. The number of nitrogens with zero attached hydrogens (tertiary/aromatic N) is 2. The molecule has 0 aliphatic carbocycles. The van der Waals surface area contributed by atoms with Crippen molar-refractivity contribution in [3.05, 3.63) is 46.5 Å². The highest BCUT2D eigenvalue weighted by molar-refractivity contribution is 9.10. The monoisotopic (exact) mass is 279 g/mol. The van der Waals surface area contributed by atoms with Crippen LogP contribution >= 0.6 is 15.9 Å². The summed E-state index contributed by atoms with van der Waals surface area (Å²) >= 11 is 3.53. The highest BCUT2D eigenvalue weighted by Crippen LogP contribution is 2.22. The molecule has 3 nitrogen and oxygen atoms in total. The van der Waals surface area contributed by atoms with Crippen molar-refractivity contribution in [3.63, 3.8) is 0 Å². The maximum atomic E-state index is 5.89. The third kappa shape index (κ3) is 2.03. The van der Waals surface area contributed by atoms with Crippen molar-refractivity contribution in [3.8, 4) is 5.69 Å². The first-order valence-electron chi connectivity index (χ1n) is 5.14. The number of hydrogen-bond acceptors (Lipinski definition) is 2. The lowest BCUT2D eigenvalue weighted by Gasteiger charge is -2.11. The van der Waals surface area contributed by atoms with E-state index in [2.05, 4.69) is 46.0 Å². The molecule has 1 aromatic carbocycles. The molecule has 1 atom stereocenters. The van der Waals surface area contributed by atoms with E-state index in [1.165, 1.54) is 5.56 Å². The highest BCUT2D eigenvalue weighted by atomic mass is 79.9. The maximum Gasteiger partial charge on any atom is 0.0994 e. The van der Waals surface area contributed by atoms with E-state index in [1.54, 1.807) is 12.5 Å². The Labute approximate surface area is 103 Å². The lowest BCUT2D eigenvalue weighted by atomic mass is 10.2. The number of imidazole rings is 1. The van der Waals surface area contributed by atoms with E-state index in [0.29, 0.717) is 0 Å². The first-order valence-corrected chi connectivity index (χ1v) is 5.93. The number of halogens is 1. The summed E-state index contributed by atoms with van der Waals surface area (Å²) in [5.74, 6) is 0. The Morgan fingerprint density at radius 2 is 2.19 bits per heavy atom. The van der Waals surface area contributed by atoms with Gasteiger partial charge >= 0.3 is 0 Å². The quantitative estimate of drug-likeness (QED) is 0.919. The lowest BCUT2D eigenvalue weighted by Crippen LogP contribution is -2.10. The summed E-state index contributed by atoms with van der Waals surface area (Å²) in [6.45, 7) is 4.02. The van der Waals surface area contributed by atoms with E-state index in [9.17, 15) is 0 Å². The molecule has 2 N–H and O–H groups in total. The van der Waals surface area contributed by atoms with Crippen molar-refractivity contribution in [1.82, 2.24) is 9.55 Å². The molecule has 0 aliphatic heterocycles. The predicted octanol–water partition coefficient (Wildman–Crippen LogP) is 2.96. The number of hydrogen-bond donors (Lipinski definition) is 1. The van der Waals surface area contributed by atoms with Crippen LogP contribution in [0.25, 0.3) is 5.69 Å². The topological polar surface area (TPSA) is 43.8 Å². The van der Waals surface area contributed by atoms with Crippen molar-refractivity contribution in [2.75, 3.05) is 0 Å². The van der Waals surface area contributed by atoms with Crippen LogP contribution in [0, 0.1) is 6.92 Å². The molecule has 2 rings (SSSR count). The Bertz CT molecular complexity index is 503. The van der Waals surface area contributed by atoms with Gasteiger partial charge in [-0.3, -0.25) is 0 Å². The van der Waals surface area contributed by atoms with E-state index in [4.69, 9.17) is 5.73 Å². The minimum absolute atomic E-state index is 0.0254. The van der Waals surface area contributed by atoms with Crippen molar-refractivity contribution < 1.29 is 0 Å². The molecule has 84 valence electrons. The van der Waals surface area contributed by atoms with E-state index in [0.717, 1.165) is 15.9 Å². The molecule has 0 spiro atoms. The Hall–Kier alpha value is -1.13. The van der Waals surface area contributed by atoms with Gasteiger partial charge in [0, 0.05) is 16.2 Å². The van der Waals surface area contributed by atoms with Crippen LogP contribution in [0.2, 0.25) is 0 Å². The van der Waals surface area contributed by atoms with Crippen LogP contribution in [0.15, 0.2) is 35.2 Å². The minimum atomic E-state index is -0.0254. The van der Waals surface area contributed by atoms with E-state index >= 15 is 0 Å². The lowest BCUT2D eigenvalue weighted by molar-refractivity contribution is 0.752. The fraction of sp³-hybridized carbons (Fsp3) is 0.250. The van der Waals surface area contributed by atoms with Crippen molar-refractivity contribution in [2.45, 2.75) is 19.9 Å². The molecule has 0 unspecified atom stereocenters. The third-order valence-electron chi connectivity index (χ3n) is 2.57. The van der Waals surface area contributed by atoms with Crippen LogP contribution < -0.4 is 5.73 Å². The van der Waals surface area contributed by atoms with Gasteiger partial charge in [0.1, 0.15) is 0 Å². The molecule has 1 heterocycles. The van der Waals surface area contributed by atoms with E-state index in [1.807, 2.05) is 11.5 Å². The van der Waals surface area contributed by atoms with E-state index in [-0.39, 0.29) is 6.04 Å². The largest absolute Gasteiger partial charge is 0.323 e. The number of nitrogens with two attached hydrogens (primary N) is 1. The van der Waals surface area contributed by atoms with Gasteiger partial charge in [0.05, 0.1) is 18.2 Å². The van der Waals surface area contributed by atoms with Crippen LogP contribution in [0.1, 0.15) is 24.2 Å². The summed E-state index contributed by atoms with van der Waals surface area (Å²) in [6.07, 6.45) is 3.59. The molecule has 1 aromatic heterocycles. The smallest absolute Gasteiger partial charge is 0.0994 e. The number of rotatable bonds is 2. The van der Waals surface area contributed by atoms with Gasteiger partial charge in [0.25, 0.3) is 0 Å². The summed E-state index contributed by atoms with van der Waals surface area (Å²) in [4.78, 5) is 4.14. The van der Waals surface area contributed by atoms with Gasteiger partial charge in [-0.2, -0.15) is 0 Å². The highest BCUT2D eigenvalue weighted by Gasteiger charge is 2.08. The molecule has 0 aliphatic rings. The Kier molecular flexibility index (Phi) is 3.12. The minimum Gasteiger partial charge on any atom is -0.323 e. The van der Waals surface area contributed by atoms with Crippen LogP contribution in [0.4, 0.5) is 0 Å². The van der Waals surface area contributed by atoms with Gasteiger partial charge in [-0.05, 0) is 31.5 Å². The molecule has 4 heteroatoms. The fourth-order valence-electron chi connectivity index (χ4n) is 1.59. The first kappa shape index (κ1) is 11.4. The van der Waals surface area contributed by atoms with Crippen LogP contribution in [0.5, 0.6) is 0 Å². The van der Waals surface area contributed by atoms with Crippen molar-refractivity contribution >= 4 is 15.9 Å². The summed E-state index contributed by atoms with van der Waals surface area (Å²) in [6, 6.07) is 6.18. The molecule has 0 amide bonds. The molecular formula is C12H14BrN3. The van der Waals surface area contributed by atoms with Crippen molar-refractivity contribution in [2.24, 2.45) is 5.73 Å². The van der Waals surface area contributed by atoms with Gasteiger partial charge in [-0.15, -0.1) is 0 Å². The van der Waals surface area contributed by atoms with Crippen molar-refractivity contribution in [1.29, 1.82) is 0 Å². The zero-order valence-electron chi connectivity index (χ0n) is 9.31. The molecule has 2 aromatic rings. The second-order valence-corrected chi connectivity index (χ2v) is 4.77. The first-order chi connectivity index (χ1) is 7.59. The van der Waals surface area contributed by atoms with E-state index < -0.39 is 0 Å². The SMILES string of the molecule is Cc1ccc(-n2cncc2[C@H](C)N)cc1Br. The molecule has 0 saturated carbocycles.